The van der Waals surface area contributed by atoms with E-state index in [2.05, 4.69) is 4.98 Å². The molecule has 2 aromatic heterocycles. The van der Waals surface area contributed by atoms with E-state index in [4.69, 9.17) is 4.42 Å². The molecule has 0 aliphatic rings. The summed E-state index contributed by atoms with van der Waals surface area (Å²) in [5.41, 5.74) is 0. The molecule has 17 heavy (non-hydrogen) atoms. The number of furan rings is 1. The Bertz CT molecular complexity index is 505. The maximum atomic E-state index is 12.1. The van der Waals surface area contributed by atoms with Crippen LogP contribution in [-0.2, 0) is 6.42 Å². The summed E-state index contributed by atoms with van der Waals surface area (Å²) in [5, 5.41) is 0. The molecule has 1 amide bonds. The minimum absolute atomic E-state index is 0.191. The lowest BCUT2D eigenvalue weighted by Crippen LogP contribution is -2.26. The molecule has 4 heteroatoms. The summed E-state index contributed by atoms with van der Waals surface area (Å²) in [7, 11) is 1.68. The number of aryl methyl sites for hydroxylation is 1. The van der Waals surface area contributed by atoms with Crippen LogP contribution in [0.5, 0.6) is 0 Å². The maximum absolute atomic E-state index is 12.1. The molecule has 0 saturated heterocycles. The molecule has 0 unspecified atom stereocenters. The normalized spacial score (nSPS) is 10.2. The smallest absolute Gasteiger partial charge is 0.294 e. The van der Waals surface area contributed by atoms with Gasteiger partial charge in [0.1, 0.15) is 11.6 Å². The average molecular weight is 230 g/mol. The highest BCUT2D eigenvalue weighted by atomic mass is 16.4. The van der Waals surface area contributed by atoms with E-state index in [0.717, 1.165) is 12.2 Å². The predicted molar refractivity (Wildman–Crippen MR) is 65.1 cm³/mol. The lowest BCUT2D eigenvalue weighted by Gasteiger charge is -2.14. The van der Waals surface area contributed by atoms with Crippen LogP contribution in [0.15, 0.2) is 40.9 Å². The van der Waals surface area contributed by atoms with Gasteiger partial charge in [-0.3, -0.25) is 9.69 Å². The summed E-state index contributed by atoms with van der Waals surface area (Å²) in [6.07, 6.45) is 2.43. The average Bonchev–Trinajstić information content (AvgIpc) is 2.87. The van der Waals surface area contributed by atoms with Gasteiger partial charge in [-0.1, -0.05) is 13.0 Å². The second kappa shape index (κ2) is 4.82. The molecule has 0 fully saturated rings. The monoisotopic (exact) mass is 230 g/mol. The van der Waals surface area contributed by atoms with E-state index >= 15 is 0 Å². The van der Waals surface area contributed by atoms with Crippen molar-refractivity contribution in [3.05, 3.63) is 48.0 Å². The molecule has 4 nitrogen and oxygen atoms in total. The number of hydrogen-bond donors (Lipinski definition) is 0. The fourth-order valence-electron chi connectivity index (χ4n) is 1.50. The molecular formula is C13H14N2O2. The first kappa shape index (κ1) is 11.4. The van der Waals surface area contributed by atoms with Crippen molar-refractivity contribution >= 4 is 11.7 Å². The van der Waals surface area contributed by atoms with Crippen LogP contribution in [0.25, 0.3) is 0 Å². The van der Waals surface area contributed by atoms with Gasteiger partial charge in [-0.2, -0.15) is 0 Å². The molecule has 2 rings (SSSR count). The van der Waals surface area contributed by atoms with Gasteiger partial charge in [-0.15, -0.1) is 0 Å². The van der Waals surface area contributed by atoms with Crippen LogP contribution in [-0.4, -0.2) is 17.9 Å². The molecule has 2 heterocycles. The molecule has 0 spiro atoms. The van der Waals surface area contributed by atoms with Gasteiger partial charge in [0, 0.05) is 19.7 Å². The number of carbonyl (C=O) groups is 1. The van der Waals surface area contributed by atoms with Crippen molar-refractivity contribution in [1.82, 2.24) is 4.98 Å². The van der Waals surface area contributed by atoms with Crippen molar-refractivity contribution in [1.29, 1.82) is 0 Å². The minimum atomic E-state index is -0.191. The highest BCUT2D eigenvalue weighted by Crippen LogP contribution is 2.14. The van der Waals surface area contributed by atoms with E-state index in [0.29, 0.717) is 11.6 Å². The van der Waals surface area contributed by atoms with Crippen LogP contribution in [0.3, 0.4) is 0 Å². The summed E-state index contributed by atoms with van der Waals surface area (Å²) in [6, 6.07) is 8.94. The molecule has 0 aromatic carbocycles. The summed E-state index contributed by atoms with van der Waals surface area (Å²) in [4.78, 5) is 17.7. The van der Waals surface area contributed by atoms with Gasteiger partial charge in [0.15, 0.2) is 5.76 Å². The zero-order valence-electron chi connectivity index (χ0n) is 9.88. The van der Waals surface area contributed by atoms with Crippen molar-refractivity contribution in [3.63, 3.8) is 0 Å². The molecule has 2 aromatic rings. The third-order valence-corrected chi connectivity index (χ3v) is 2.52. The predicted octanol–water partition coefficient (Wildman–Crippen LogP) is 2.51. The third kappa shape index (κ3) is 2.36. The Morgan fingerprint density at radius 2 is 2.18 bits per heavy atom. The van der Waals surface area contributed by atoms with Crippen LogP contribution < -0.4 is 4.90 Å². The van der Waals surface area contributed by atoms with Gasteiger partial charge in [0.05, 0.1) is 0 Å². The largest absolute Gasteiger partial charge is 0.456 e. The molecule has 0 bridgehead atoms. The minimum Gasteiger partial charge on any atom is -0.456 e. The SMILES string of the molecule is CCc1ccc(C(=O)N(C)c2ccccn2)o1. The van der Waals surface area contributed by atoms with Crippen LogP contribution in [0.1, 0.15) is 23.2 Å². The molecule has 0 aliphatic heterocycles. The number of hydrogen-bond acceptors (Lipinski definition) is 3. The number of amides is 1. The Labute approximate surface area is 99.9 Å². The van der Waals surface area contributed by atoms with E-state index in [9.17, 15) is 4.79 Å². The number of anilines is 1. The first-order valence-electron chi connectivity index (χ1n) is 5.50. The van der Waals surface area contributed by atoms with Crippen molar-refractivity contribution in [2.75, 3.05) is 11.9 Å². The molecular weight excluding hydrogens is 216 g/mol. The quantitative estimate of drug-likeness (QED) is 0.813. The first-order chi connectivity index (χ1) is 8.22. The van der Waals surface area contributed by atoms with Crippen molar-refractivity contribution in [3.8, 4) is 0 Å². The zero-order chi connectivity index (χ0) is 12.3. The highest BCUT2D eigenvalue weighted by molar-refractivity contribution is 6.03. The Morgan fingerprint density at radius 1 is 1.35 bits per heavy atom. The lowest BCUT2D eigenvalue weighted by atomic mass is 10.3. The highest BCUT2D eigenvalue weighted by Gasteiger charge is 2.17. The van der Waals surface area contributed by atoms with Gasteiger partial charge in [-0.25, -0.2) is 4.98 Å². The van der Waals surface area contributed by atoms with Gasteiger partial charge in [0.25, 0.3) is 5.91 Å². The van der Waals surface area contributed by atoms with Crippen LogP contribution in [0.4, 0.5) is 5.82 Å². The molecule has 0 N–H and O–H groups in total. The number of carbonyl (C=O) groups excluding carboxylic acids is 1. The number of rotatable bonds is 3. The Morgan fingerprint density at radius 3 is 2.76 bits per heavy atom. The van der Waals surface area contributed by atoms with Crippen molar-refractivity contribution < 1.29 is 9.21 Å². The summed E-state index contributed by atoms with van der Waals surface area (Å²) in [6.45, 7) is 1.98. The summed E-state index contributed by atoms with van der Waals surface area (Å²) >= 11 is 0. The number of aromatic nitrogens is 1. The second-order valence-electron chi connectivity index (χ2n) is 3.67. The van der Waals surface area contributed by atoms with E-state index in [1.807, 2.05) is 25.1 Å². The molecule has 0 radical (unpaired) electrons. The molecule has 0 atom stereocenters. The Hall–Kier alpha value is -2.10. The van der Waals surface area contributed by atoms with Crippen LogP contribution in [0.2, 0.25) is 0 Å². The molecule has 88 valence electrons. The number of pyridine rings is 1. The number of nitrogens with zero attached hydrogens (tertiary/aromatic N) is 2. The maximum Gasteiger partial charge on any atom is 0.294 e. The first-order valence-corrected chi connectivity index (χ1v) is 5.50. The Kier molecular flexibility index (Phi) is 3.23. The van der Waals surface area contributed by atoms with Crippen LogP contribution in [0, 0.1) is 0 Å². The fraction of sp³-hybridized carbons (Fsp3) is 0.231. The van der Waals surface area contributed by atoms with E-state index in [-0.39, 0.29) is 5.91 Å². The van der Waals surface area contributed by atoms with Crippen molar-refractivity contribution in [2.45, 2.75) is 13.3 Å². The van der Waals surface area contributed by atoms with Gasteiger partial charge in [0.2, 0.25) is 0 Å². The topological polar surface area (TPSA) is 46.3 Å². The fourth-order valence-corrected chi connectivity index (χ4v) is 1.50. The third-order valence-electron chi connectivity index (χ3n) is 2.52. The van der Waals surface area contributed by atoms with Gasteiger partial charge in [-0.05, 0) is 24.3 Å². The second-order valence-corrected chi connectivity index (χ2v) is 3.67. The Balaban J connectivity index is 2.20. The summed E-state index contributed by atoms with van der Waals surface area (Å²) < 4.78 is 5.42. The molecule has 0 saturated carbocycles. The summed E-state index contributed by atoms with van der Waals surface area (Å²) in [5.74, 6) is 1.56. The zero-order valence-corrected chi connectivity index (χ0v) is 9.88. The van der Waals surface area contributed by atoms with Gasteiger partial charge >= 0.3 is 0 Å². The van der Waals surface area contributed by atoms with Crippen LogP contribution >= 0.6 is 0 Å². The van der Waals surface area contributed by atoms with E-state index < -0.39 is 0 Å². The lowest BCUT2D eigenvalue weighted by molar-refractivity contribution is 0.0964. The molecule has 0 aliphatic carbocycles. The standard InChI is InChI=1S/C13H14N2O2/c1-3-10-7-8-11(17-10)13(16)15(2)12-6-4-5-9-14-12/h4-9H,3H2,1-2H3. The van der Waals surface area contributed by atoms with Gasteiger partial charge < -0.3 is 4.42 Å². The van der Waals surface area contributed by atoms with Crippen molar-refractivity contribution in [2.24, 2.45) is 0 Å². The van der Waals surface area contributed by atoms with E-state index in [1.54, 1.807) is 25.4 Å². The van der Waals surface area contributed by atoms with E-state index in [1.165, 1.54) is 4.90 Å².